The Morgan fingerprint density at radius 1 is 0.941 bits per heavy atom. The van der Waals surface area contributed by atoms with E-state index in [1.807, 2.05) is 76.2 Å². The van der Waals surface area contributed by atoms with Crippen molar-refractivity contribution in [2.45, 2.75) is 27.7 Å². The Labute approximate surface area is 204 Å². The first-order valence-corrected chi connectivity index (χ1v) is 11.6. The molecule has 2 amide bonds. The van der Waals surface area contributed by atoms with Crippen molar-refractivity contribution in [2.75, 3.05) is 18.1 Å². The standard InChI is InChI=1S/C27H26N2O4S/c1-5-32-20-11-8-18-9-12-24(33-6-2)22(21(18)14-20)15-23-25(30)28-27(34)29(26(23)31)19-10-7-16(3)17(4)13-19/h7-15H,5-6H2,1-4H3,(H,28,30,34)/b23-15-. The summed E-state index contributed by atoms with van der Waals surface area (Å²) in [5.41, 5.74) is 3.33. The number of hydrogen-bond acceptors (Lipinski definition) is 5. The Hall–Kier alpha value is -3.71. The summed E-state index contributed by atoms with van der Waals surface area (Å²) in [5, 5.41) is 4.46. The number of anilines is 1. The molecule has 3 aromatic carbocycles. The zero-order valence-corrected chi connectivity index (χ0v) is 20.4. The monoisotopic (exact) mass is 474 g/mol. The molecule has 6 nitrogen and oxygen atoms in total. The van der Waals surface area contributed by atoms with Crippen LogP contribution in [0.4, 0.5) is 5.69 Å². The number of nitrogens with zero attached hydrogens (tertiary/aromatic N) is 1. The first-order valence-electron chi connectivity index (χ1n) is 11.1. The molecule has 7 heteroatoms. The number of nitrogens with one attached hydrogen (secondary N) is 1. The Balaban J connectivity index is 1.88. The third-order valence-corrected chi connectivity index (χ3v) is 6.03. The Kier molecular flexibility index (Phi) is 6.65. The molecule has 174 valence electrons. The van der Waals surface area contributed by atoms with Gasteiger partial charge in [-0.25, -0.2) is 0 Å². The molecule has 0 atom stereocenters. The number of carbonyl (C=O) groups excluding carboxylic acids is 2. The number of amides is 2. The second-order valence-corrected chi connectivity index (χ2v) is 8.34. The Morgan fingerprint density at radius 2 is 1.68 bits per heavy atom. The van der Waals surface area contributed by atoms with Crippen molar-refractivity contribution in [1.29, 1.82) is 0 Å². The van der Waals surface area contributed by atoms with Crippen LogP contribution in [0.3, 0.4) is 0 Å². The normalized spacial score (nSPS) is 15.1. The summed E-state index contributed by atoms with van der Waals surface area (Å²) in [6, 6.07) is 15.1. The average molecular weight is 475 g/mol. The van der Waals surface area contributed by atoms with Gasteiger partial charge >= 0.3 is 0 Å². The maximum atomic E-state index is 13.6. The lowest BCUT2D eigenvalue weighted by molar-refractivity contribution is -0.122. The van der Waals surface area contributed by atoms with Gasteiger partial charge in [-0.2, -0.15) is 0 Å². The molecule has 0 bridgehead atoms. The van der Waals surface area contributed by atoms with Crippen LogP contribution in [0.1, 0.15) is 30.5 Å². The Morgan fingerprint density at radius 3 is 2.38 bits per heavy atom. The maximum absolute atomic E-state index is 13.6. The molecule has 0 aliphatic carbocycles. The lowest BCUT2D eigenvalue weighted by atomic mass is 9.99. The number of hydrogen-bond donors (Lipinski definition) is 1. The molecule has 0 aromatic heterocycles. The summed E-state index contributed by atoms with van der Waals surface area (Å²) >= 11 is 5.35. The molecule has 0 radical (unpaired) electrons. The molecule has 1 heterocycles. The van der Waals surface area contributed by atoms with Crippen LogP contribution in [0, 0.1) is 13.8 Å². The van der Waals surface area contributed by atoms with Crippen LogP contribution in [-0.4, -0.2) is 30.1 Å². The van der Waals surface area contributed by atoms with Crippen LogP contribution in [0.2, 0.25) is 0 Å². The maximum Gasteiger partial charge on any atom is 0.270 e. The largest absolute Gasteiger partial charge is 0.494 e. The van der Waals surface area contributed by atoms with Crippen LogP contribution in [0.25, 0.3) is 16.8 Å². The number of ether oxygens (including phenoxy) is 2. The number of aryl methyl sites for hydroxylation is 2. The third-order valence-electron chi connectivity index (χ3n) is 5.74. The summed E-state index contributed by atoms with van der Waals surface area (Å²) in [4.78, 5) is 27.8. The van der Waals surface area contributed by atoms with E-state index in [1.165, 1.54) is 4.90 Å². The van der Waals surface area contributed by atoms with E-state index in [4.69, 9.17) is 21.7 Å². The molecular formula is C27H26N2O4S. The summed E-state index contributed by atoms with van der Waals surface area (Å²) in [6.07, 6.45) is 1.58. The molecule has 1 aliphatic rings. The van der Waals surface area contributed by atoms with Crippen LogP contribution < -0.4 is 19.7 Å². The first-order chi connectivity index (χ1) is 16.3. The summed E-state index contributed by atoms with van der Waals surface area (Å²) in [5.74, 6) is 0.233. The van der Waals surface area contributed by atoms with Gasteiger partial charge in [0.15, 0.2) is 5.11 Å². The molecule has 4 rings (SSSR count). The van der Waals surface area contributed by atoms with Gasteiger partial charge in [-0.15, -0.1) is 0 Å². The van der Waals surface area contributed by atoms with Gasteiger partial charge in [-0.05, 0) is 98.2 Å². The van der Waals surface area contributed by atoms with Gasteiger partial charge in [0.05, 0.1) is 18.9 Å². The quantitative estimate of drug-likeness (QED) is 0.306. The van der Waals surface area contributed by atoms with E-state index in [0.717, 1.165) is 21.9 Å². The Bertz CT molecular complexity index is 1340. The highest BCUT2D eigenvalue weighted by atomic mass is 32.1. The van der Waals surface area contributed by atoms with Gasteiger partial charge in [0.25, 0.3) is 11.8 Å². The van der Waals surface area contributed by atoms with Crippen LogP contribution in [-0.2, 0) is 9.59 Å². The summed E-state index contributed by atoms with van der Waals surface area (Å²) < 4.78 is 11.5. The molecule has 1 fully saturated rings. The highest BCUT2D eigenvalue weighted by Gasteiger charge is 2.35. The molecular weight excluding hydrogens is 448 g/mol. The highest BCUT2D eigenvalue weighted by Crippen LogP contribution is 2.34. The second-order valence-electron chi connectivity index (χ2n) is 7.95. The zero-order valence-electron chi connectivity index (χ0n) is 19.6. The smallest absolute Gasteiger partial charge is 0.270 e. The molecule has 1 N–H and O–H groups in total. The fourth-order valence-electron chi connectivity index (χ4n) is 3.89. The topological polar surface area (TPSA) is 67.9 Å². The molecule has 0 spiro atoms. The molecule has 0 unspecified atom stereocenters. The summed E-state index contributed by atoms with van der Waals surface area (Å²) in [6.45, 7) is 8.72. The van der Waals surface area contributed by atoms with Crippen molar-refractivity contribution in [1.82, 2.24) is 5.32 Å². The van der Waals surface area contributed by atoms with E-state index in [1.54, 1.807) is 6.08 Å². The van der Waals surface area contributed by atoms with E-state index in [-0.39, 0.29) is 10.7 Å². The van der Waals surface area contributed by atoms with Crippen molar-refractivity contribution in [3.63, 3.8) is 0 Å². The molecule has 1 saturated heterocycles. The first kappa shape index (κ1) is 23.4. The van der Waals surface area contributed by atoms with Crippen molar-refractivity contribution in [3.8, 4) is 11.5 Å². The van der Waals surface area contributed by atoms with Crippen LogP contribution in [0.5, 0.6) is 11.5 Å². The highest BCUT2D eigenvalue weighted by molar-refractivity contribution is 7.80. The average Bonchev–Trinajstić information content (AvgIpc) is 2.80. The van der Waals surface area contributed by atoms with E-state index >= 15 is 0 Å². The number of fused-ring (bicyclic) bond motifs is 1. The number of rotatable bonds is 6. The fraction of sp³-hybridized carbons (Fsp3) is 0.222. The van der Waals surface area contributed by atoms with Crippen LogP contribution >= 0.6 is 12.2 Å². The second kappa shape index (κ2) is 9.65. The molecule has 0 saturated carbocycles. The number of thiocarbonyl (C=S) groups is 1. The van der Waals surface area contributed by atoms with Gasteiger partial charge in [-0.3, -0.25) is 19.8 Å². The van der Waals surface area contributed by atoms with Gasteiger partial charge in [0, 0.05) is 5.56 Å². The number of carbonyl (C=O) groups is 2. The van der Waals surface area contributed by atoms with Crippen molar-refractivity contribution in [2.24, 2.45) is 0 Å². The minimum absolute atomic E-state index is 0.0258. The van der Waals surface area contributed by atoms with Crippen molar-refractivity contribution >= 4 is 51.7 Å². The van der Waals surface area contributed by atoms with E-state index in [0.29, 0.717) is 36.0 Å². The van der Waals surface area contributed by atoms with Gasteiger partial charge in [0.2, 0.25) is 0 Å². The lowest BCUT2D eigenvalue weighted by Gasteiger charge is -2.29. The summed E-state index contributed by atoms with van der Waals surface area (Å²) in [7, 11) is 0. The van der Waals surface area contributed by atoms with E-state index in [2.05, 4.69) is 5.32 Å². The molecule has 34 heavy (non-hydrogen) atoms. The third kappa shape index (κ3) is 4.39. The predicted molar refractivity (Wildman–Crippen MR) is 138 cm³/mol. The van der Waals surface area contributed by atoms with Crippen molar-refractivity contribution in [3.05, 3.63) is 70.8 Å². The molecule has 1 aliphatic heterocycles. The van der Waals surface area contributed by atoms with E-state index in [9.17, 15) is 9.59 Å². The van der Waals surface area contributed by atoms with Crippen molar-refractivity contribution < 1.29 is 19.1 Å². The van der Waals surface area contributed by atoms with Crippen LogP contribution in [0.15, 0.2) is 54.1 Å². The fourth-order valence-corrected chi connectivity index (χ4v) is 4.17. The zero-order chi connectivity index (χ0) is 24.4. The SMILES string of the molecule is CCOc1ccc2ccc(OCC)c(/C=C3/C(=O)NC(=S)N(c4ccc(C)c(C)c4)C3=O)c2c1. The van der Waals surface area contributed by atoms with Gasteiger partial charge < -0.3 is 9.47 Å². The van der Waals surface area contributed by atoms with Gasteiger partial charge in [0.1, 0.15) is 17.1 Å². The van der Waals surface area contributed by atoms with Gasteiger partial charge in [-0.1, -0.05) is 18.2 Å². The molecule has 3 aromatic rings. The predicted octanol–water partition coefficient (Wildman–Crippen LogP) is 5.09. The lowest BCUT2D eigenvalue weighted by Crippen LogP contribution is -2.54. The van der Waals surface area contributed by atoms with E-state index < -0.39 is 11.8 Å². The minimum Gasteiger partial charge on any atom is -0.494 e. The number of benzene rings is 3. The minimum atomic E-state index is -0.546.